The Morgan fingerprint density at radius 3 is 1.35 bits per heavy atom. The summed E-state index contributed by atoms with van der Waals surface area (Å²) in [5, 5.41) is 7.97. The molecule has 10 rings (SSSR count). The summed E-state index contributed by atoms with van der Waals surface area (Å²) in [6.07, 6.45) is 0. The summed E-state index contributed by atoms with van der Waals surface area (Å²) in [6, 6.07) is 87.1. The number of hydrogen-bond acceptors (Lipinski definition) is 2. The molecule has 0 radical (unpaired) electrons. The molecule has 0 aliphatic heterocycles. The van der Waals surface area contributed by atoms with Crippen LogP contribution in [0.1, 0.15) is 0 Å². The van der Waals surface area contributed by atoms with Crippen molar-refractivity contribution in [3.8, 4) is 22.3 Å². The average Bonchev–Trinajstić information content (AvgIpc) is 3.69. The molecule has 57 heavy (non-hydrogen) atoms. The molecule has 0 spiro atoms. The molecule has 0 unspecified atom stereocenters. The molecular formula is C54H39NSSi. The van der Waals surface area contributed by atoms with Crippen LogP contribution in [0.2, 0.25) is 0 Å². The van der Waals surface area contributed by atoms with Crippen LogP contribution in [0.25, 0.3) is 42.4 Å². The third kappa shape index (κ3) is 6.18. The quantitative estimate of drug-likeness (QED) is 0.105. The monoisotopic (exact) mass is 761 g/mol. The lowest BCUT2D eigenvalue weighted by atomic mass is 10.0. The van der Waals surface area contributed by atoms with Gasteiger partial charge in [-0.25, -0.2) is 0 Å². The Labute approximate surface area is 339 Å². The van der Waals surface area contributed by atoms with Gasteiger partial charge in [-0.15, -0.1) is 11.3 Å². The van der Waals surface area contributed by atoms with Gasteiger partial charge in [0.1, 0.15) is 0 Å². The normalized spacial score (nSPS) is 11.5. The molecule has 0 amide bonds. The van der Waals surface area contributed by atoms with Crippen LogP contribution >= 0.6 is 11.3 Å². The van der Waals surface area contributed by atoms with Crippen LogP contribution in [0.4, 0.5) is 17.1 Å². The molecule has 0 saturated heterocycles. The van der Waals surface area contributed by atoms with E-state index in [0.717, 1.165) is 11.4 Å². The molecule has 1 nitrogen and oxygen atoms in total. The van der Waals surface area contributed by atoms with Crippen molar-refractivity contribution in [1.82, 2.24) is 0 Å². The first-order chi connectivity index (χ1) is 28.3. The number of fused-ring (bicyclic) bond motifs is 3. The van der Waals surface area contributed by atoms with Crippen molar-refractivity contribution in [3.63, 3.8) is 0 Å². The smallest absolute Gasteiger partial charge is 0.179 e. The standard InChI is InChI=1S/C54H39NSSi/c1-6-20-40(21-7-1)42-24-16-25-43(38-42)55(52-37-19-36-51-50-35-18-34-49(53(50)56-54(51)52)41-22-8-2-9-23-41)44-26-17-33-48(39-44)57(45-27-10-3-11-28-45,46-29-12-4-13-30-46)47-31-14-5-15-32-47/h1-39H. The Bertz CT molecular complexity index is 2850. The van der Waals surface area contributed by atoms with Gasteiger partial charge in [0, 0.05) is 26.8 Å². The summed E-state index contributed by atoms with van der Waals surface area (Å²) < 4.78 is 2.57. The lowest BCUT2D eigenvalue weighted by Crippen LogP contribution is -2.74. The number of hydrogen-bond donors (Lipinski definition) is 0. The average molecular weight is 762 g/mol. The highest BCUT2D eigenvalue weighted by Gasteiger charge is 2.41. The Morgan fingerprint density at radius 1 is 0.316 bits per heavy atom. The van der Waals surface area contributed by atoms with Gasteiger partial charge in [0.05, 0.1) is 10.4 Å². The Balaban J connectivity index is 1.25. The van der Waals surface area contributed by atoms with E-state index in [2.05, 4.69) is 241 Å². The van der Waals surface area contributed by atoms with E-state index in [1.165, 1.54) is 68.9 Å². The molecular weight excluding hydrogens is 723 g/mol. The van der Waals surface area contributed by atoms with E-state index in [0.29, 0.717) is 0 Å². The SMILES string of the molecule is c1ccc(-c2cccc(N(c3cccc([Si](c4ccccc4)(c4ccccc4)c4ccccc4)c3)c3cccc4c3sc3c(-c5ccccc5)cccc34)c2)cc1. The molecule has 0 fully saturated rings. The van der Waals surface area contributed by atoms with E-state index in [9.17, 15) is 0 Å². The molecule has 9 aromatic carbocycles. The van der Waals surface area contributed by atoms with Gasteiger partial charge in [-0.2, -0.15) is 0 Å². The maximum Gasteiger partial charge on any atom is 0.179 e. The first-order valence-electron chi connectivity index (χ1n) is 19.5. The molecule has 0 bridgehead atoms. The van der Waals surface area contributed by atoms with E-state index in [4.69, 9.17) is 0 Å². The van der Waals surface area contributed by atoms with Gasteiger partial charge in [0.25, 0.3) is 0 Å². The minimum atomic E-state index is -2.79. The number of thiophene rings is 1. The third-order valence-electron chi connectivity index (χ3n) is 11.2. The molecule has 0 aliphatic carbocycles. The summed E-state index contributed by atoms with van der Waals surface area (Å²) in [7, 11) is -2.79. The molecule has 1 aromatic heterocycles. The van der Waals surface area contributed by atoms with Crippen LogP contribution in [-0.2, 0) is 0 Å². The van der Waals surface area contributed by atoms with Gasteiger partial charge < -0.3 is 4.90 Å². The molecule has 10 aromatic rings. The van der Waals surface area contributed by atoms with E-state index in [-0.39, 0.29) is 0 Å². The predicted molar refractivity (Wildman–Crippen MR) is 249 cm³/mol. The summed E-state index contributed by atoms with van der Waals surface area (Å²) in [5.41, 5.74) is 8.31. The fourth-order valence-corrected chi connectivity index (χ4v) is 14.8. The largest absolute Gasteiger partial charge is 0.309 e. The maximum absolute atomic E-state index is 2.79. The topological polar surface area (TPSA) is 3.24 Å². The van der Waals surface area contributed by atoms with Crippen LogP contribution < -0.4 is 25.6 Å². The summed E-state index contributed by atoms with van der Waals surface area (Å²) in [5.74, 6) is 0. The fraction of sp³-hybridized carbons (Fsp3) is 0. The number of nitrogens with zero attached hydrogens (tertiary/aromatic N) is 1. The van der Waals surface area contributed by atoms with Crippen molar-refractivity contribution in [3.05, 3.63) is 237 Å². The van der Waals surface area contributed by atoms with Gasteiger partial charge in [-0.05, 0) is 73.3 Å². The zero-order valence-corrected chi connectivity index (χ0v) is 33.2. The highest BCUT2D eigenvalue weighted by atomic mass is 32.1. The zero-order valence-electron chi connectivity index (χ0n) is 31.4. The number of rotatable bonds is 9. The van der Waals surface area contributed by atoms with Gasteiger partial charge in [0.15, 0.2) is 8.07 Å². The number of anilines is 3. The minimum absolute atomic E-state index is 1.12. The summed E-state index contributed by atoms with van der Waals surface area (Å²) in [6.45, 7) is 0. The number of benzene rings is 9. The van der Waals surface area contributed by atoms with Crippen LogP contribution in [0, 0.1) is 0 Å². The molecule has 0 N–H and O–H groups in total. The highest BCUT2D eigenvalue weighted by molar-refractivity contribution is 7.27. The molecule has 270 valence electrons. The highest BCUT2D eigenvalue weighted by Crippen LogP contribution is 2.47. The van der Waals surface area contributed by atoms with Gasteiger partial charge in [-0.3, -0.25) is 0 Å². The van der Waals surface area contributed by atoms with Crippen LogP contribution in [0.15, 0.2) is 237 Å². The Morgan fingerprint density at radius 2 is 0.754 bits per heavy atom. The predicted octanol–water partition coefficient (Wildman–Crippen LogP) is 12.2. The van der Waals surface area contributed by atoms with Crippen molar-refractivity contribution >= 4 is 77.4 Å². The zero-order chi connectivity index (χ0) is 38.0. The van der Waals surface area contributed by atoms with Crippen molar-refractivity contribution in [2.45, 2.75) is 0 Å². The van der Waals surface area contributed by atoms with Crippen molar-refractivity contribution < 1.29 is 0 Å². The van der Waals surface area contributed by atoms with Crippen molar-refractivity contribution in [1.29, 1.82) is 0 Å². The fourth-order valence-electron chi connectivity index (χ4n) is 8.65. The van der Waals surface area contributed by atoms with Crippen LogP contribution in [0.5, 0.6) is 0 Å². The first-order valence-corrected chi connectivity index (χ1v) is 22.3. The molecule has 0 atom stereocenters. The van der Waals surface area contributed by atoms with Gasteiger partial charge in [0.2, 0.25) is 0 Å². The molecule has 3 heteroatoms. The van der Waals surface area contributed by atoms with Crippen LogP contribution in [0.3, 0.4) is 0 Å². The summed E-state index contributed by atoms with van der Waals surface area (Å²) in [4.78, 5) is 2.50. The second kappa shape index (κ2) is 15.0. The summed E-state index contributed by atoms with van der Waals surface area (Å²) >= 11 is 1.90. The Kier molecular flexibility index (Phi) is 9.15. The maximum atomic E-state index is 2.50. The molecule has 0 aliphatic rings. The minimum Gasteiger partial charge on any atom is -0.309 e. The lowest BCUT2D eigenvalue weighted by Gasteiger charge is -2.35. The van der Waals surface area contributed by atoms with Gasteiger partial charge in [-0.1, -0.05) is 206 Å². The van der Waals surface area contributed by atoms with Gasteiger partial charge >= 0.3 is 0 Å². The second-order valence-electron chi connectivity index (χ2n) is 14.5. The molecule has 0 saturated carbocycles. The first kappa shape index (κ1) is 34.7. The van der Waals surface area contributed by atoms with Crippen molar-refractivity contribution in [2.24, 2.45) is 0 Å². The lowest BCUT2D eigenvalue weighted by molar-refractivity contribution is 1.30. The van der Waals surface area contributed by atoms with E-state index < -0.39 is 8.07 Å². The van der Waals surface area contributed by atoms with E-state index in [1.54, 1.807) is 0 Å². The third-order valence-corrected chi connectivity index (χ3v) is 17.3. The van der Waals surface area contributed by atoms with E-state index in [1.807, 2.05) is 11.3 Å². The Hall–Kier alpha value is -6.78. The molecule has 1 heterocycles. The van der Waals surface area contributed by atoms with Crippen LogP contribution in [-0.4, -0.2) is 8.07 Å². The van der Waals surface area contributed by atoms with E-state index >= 15 is 0 Å². The van der Waals surface area contributed by atoms with Crippen molar-refractivity contribution in [2.75, 3.05) is 4.90 Å². The second-order valence-corrected chi connectivity index (χ2v) is 19.3.